The summed E-state index contributed by atoms with van der Waals surface area (Å²) in [6.45, 7) is 4.25. The molecule has 1 rings (SSSR count). The molecular formula is C13H19NO3. The van der Waals surface area contributed by atoms with Crippen LogP contribution in [0.2, 0.25) is 0 Å². The molecule has 1 N–H and O–H groups in total. The molecule has 17 heavy (non-hydrogen) atoms. The lowest BCUT2D eigenvalue weighted by atomic mass is 10.1. The fourth-order valence-electron chi connectivity index (χ4n) is 1.61. The zero-order valence-electron chi connectivity index (χ0n) is 10.7. The third-order valence-electron chi connectivity index (χ3n) is 2.53. The molecule has 0 unspecified atom stereocenters. The van der Waals surface area contributed by atoms with Crippen LogP contribution in [0, 0.1) is 5.92 Å². The number of nitrogens with zero attached hydrogens (tertiary/aromatic N) is 1. The van der Waals surface area contributed by atoms with Crippen molar-refractivity contribution in [3.8, 4) is 11.5 Å². The van der Waals surface area contributed by atoms with Crippen molar-refractivity contribution in [2.75, 3.05) is 14.2 Å². The second kappa shape index (κ2) is 5.57. The predicted molar refractivity (Wildman–Crippen MR) is 66.0 cm³/mol. The minimum Gasteiger partial charge on any atom is -0.504 e. The Kier molecular flexibility index (Phi) is 4.37. The van der Waals surface area contributed by atoms with Crippen LogP contribution >= 0.6 is 0 Å². The summed E-state index contributed by atoms with van der Waals surface area (Å²) >= 11 is 0. The lowest BCUT2D eigenvalue weighted by Crippen LogP contribution is -2.29. The number of ether oxygens (including phenoxy) is 1. The molecule has 0 aliphatic heterocycles. The Bertz CT molecular complexity index is 402. The molecule has 4 nitrogen and oxygen atoms in total. The molecule has 1 aromatic rings. The third-order valence-corrected chi connectivity index (χ3v) is 2.53. The molecule has 1 aromatic carbocycles. The molecule has 0 saturated carbocycles. The maximum absolute atomic E-state index is 11.7. The van der Waals surface area contributed by atoms with Gasteiger partial charge in [-0.05, 0) is 17.7 Å². The van der Waals surface area contributed by atoms with Gasteiger partial charge in [0.2, 0.25) is 5.91 Å². The van der Waals surface area contributed by atoms with E-state index in [9.17, 15) is 9.90 Å². The lowest BCUT2D eigenvalue weighted by molar-refractivity contribution is -0.133. The van der Waals surface area contributed by atoms with Gasteiger partial charge < -0.3 is 14.7 Å². The van der Waals surface area contributed by atoms with Crippen LogP contribution in [0.1, 0.15) is 19.4 Å². The monoisotopic (exact) mass is 237 g/mol. The van der Waals surface area contributed by atoms with Crippen molar-refractivity contribution in [3.05, 3.63) is 23.8 Å². The normalized spacial score (nSPS) is 10.4. The van der Waals surface area contributed by atoms with E-state index in [2.05, 4.69) is 0 Å². The van der Waals surface area contributed by atoms with Gasteiger partial charge in [-0.2, -0.15) is 0 Å². The summed E-state index contributed by atoms with van der Waals surface area (Å²) in [6, 6.07) is 5.09. The van der Waals surface area contributed by atoms with E-state index in [0.717, 1.165) is 5.56 Å². The molecule has 0 aromatic heterocycles. The summed E-state index contributed by atoms with van der Waals surface area (Å²) in [6.07, 6.45) is 0. The number of hydrogen-bond donors (Lipinski definition) is 1. The maximum Gasteiger partial charge on any atom is 0.225 e. The Morgan fingerprint density at radius 2 is 2.12 bits per heavy atom. The number of benzene rings is 1. The van der Waals surface area contributed by atoms with Gasteiger partial charge in [-0.1, -0.05) is 19.9 Å². The largest absolute Gasteiger partial charge is 0.504 e. The zero-order chi connectivity index (χ0) is 13.0. The lowest BCUT2D eigenvalue weighted by Gasteiger charge is -2.19. The quantitative estimate of drug-likeness (QED) is 0.871. The second-order valence-corrected chi connectivity index (χ2v) is 4.36. The summed E-state index contributed by atoms with van der Waals surface area (Å²) < 4.78 is 5.02. The first-order chi connectivity index (χ1) is 7.95. The van der Waals surface area contributed by atoms with Gasteiger partial charge in [0, 0.05) is 19.5 Å². The number of methoxy groups -OCH3 is 1. The summed E-state index contributed by atoms with van der Waals surface area (Å²) in [7, 11) is 3.27. The number of amides is 1. The van der Waals surface area contributed by atoms with Crippen LogP contribution in [0.4, 0.5) is 0 Å². The van der Waals surface area contributed by atoms with E-state index in [4.69, 9.17) is 4.74 Å². The standard InChI is InChI=1S/C13H19NO3/c1-9(2)13(16)14(3)8-10-5-6-11(15)12(7-10)17-4/h5-7,9,15H,8H2,1-4H3. The SMILES string of the molecule is COc1cc(CN(C)C(=O)C(C)C)ccc1O. The number of phenols is 1. The van der Waals surface area contributed by atoms with Crippen molar-refractivity contribution < 1.29 is 14.6 Å². The van der Waals surface area contributed by atoms with Gasteiger partial charge in [0.05, 0.1) is 7.11 Å². The van der Waals surface area contributed by atoms with Crippen LogP contribution in [0.25, 0.3) is 0 Å². The Balaban J connectivity index is 2.78. The summed E-state index contributed by atoms with van der Waals surface area (Å²) in [5, 5.41) is 9.46. The van der Waals surface area contributed by atoms with Crippen molar-refractivity contribution in [1.82, 2.24) is 4.90 Å². The molecule has 0 radical (unpaired) electrons. The highest BCUT2D eigenvalue weighted by atomic mass is 16.5. The van der Waals surface area contributed by atoms with Crippen LogP contribution in [0.15, 0.2) is 18.2 Å². The molecule has 0 atom stereocenters. The molecule has 0 bridgehead atoms. The first-order valence-corrected chi connectivity index (χ1v) is 5.56. The highest BCUT2D eigenvalue weighted by Gasteiger charge is 2.13. The highest BCUT2D eigenvalue weighted by Crippen LogP contribution is 2.26. The average Bonchev–Trinajstić information content (AvgIpc) is 2.30. The van der Waals surface area contributed by atoms with E-state index >= 15 is 0 Å². The molecule has 0 aliphatic carbocycles. The van der Waals surface area contributed by atoms with Crippen molar-refractivity contribution in [3.63, 3.8) is 0 Å². The van der Waals surface area contributed by atoms with Crippen LogP contribution in [-0.4, -0.2) is 30.1 Å². The van der Waals surface area contributed by atoms with E-state index < -0.39 is 0 Å². The fraction of sp³-hybridized carbons (Fsp3) is 0.462. The summed E-state index contributed by atoms with van der Waals surface area (Å²) in [5.74, 6) is 0.609. The molecule has 94 valence electrons. The smallest absolute Gasteiger partial charge is 0.225 e. The van der Waals surface area contributed by atoms with Crippen molar-refractivity contribution in [2.24, 2.45) is 5.92 Å². The van der Waals surface area contributed by atoms with E-state index in [0.29, 0.717) is 12.3 Å². The maximum atomic E-state index is 11.7. The van der Waals surface area contributed by atoms with Crippen LogP contribution in [0.3, 0.4) is 0 Å². The fourth-order valence-corrected chi connectivity index (χ4v) is 1.61. The second-order valence-electron chi connectivity index (χ2n) is 4.36. The summed E-state index contributed by atoms with van der Waals surface area (Å²) in [5.41, 5.74) is 0.927. The first-order valence-electron chi connectivity index (χ1n) is 5.56. The number of carbonyl (C=O) groups is 1. The van der Waals surface area contributed by atoms with Gasteiger partial charge in [-0.15, -0.1) is 0 Å². The third kappa shape index (κ3) is 3.37. The Labute approximate surface area is 102 Å². The van der Waals surface area contributed by atoms with E-state index in [-0.39, 0.29) is 17.6 Å². The van der Waals surface area contributed by atoms with Gasteiger partial charge in [0.1, 0.15) is 0 Å². The van der Waals surface area contributed by atoms with E-state index in [1.807, 2.05) is 13.8 Å². The molecule has 0 saturated heterocycles. The van der Waals surface area contributed by atoms with Gasteiger partial charge in [-0.3, -0.25) is 4.79 Å². The zero-order valence-corrected chi connectivity index (χ0v) is 10.7. The molecule has 0 heterocycles. The molecule has 0 aliphatic rings. The number of phenolic OH excluding ortho intramolecular Hbond substituents is 1. The Morgan fingerprint density at radius 1 is 1.47 bits per heavy atom. The minimum atomic E-state index is -0.0148. The molecular weight excluding hydrogens is 218 g/mol. The van der Waals surface area contributed by atoms with E-state index in [1.165, 1.54) is 7.11 Å². The van der Waals surface area contributed by atoms with Gasteiger partial charge >= 0.3 is 0 Å². The molecule has 0 fully saturated rings. The molecule has 1 amide bonds. The Hall–Kier alpha value is -1.71. The topological polar surface area (TPSA) is 49.8 Å². The highest BCUT2D eigenvalue weighted by molar-refractivity contribution is 5.77. The van der Waals surface area contributed by atoms with Gasteiger partial charge in [0.25, 0.3) is 0 Å². The van der Waals surface area contributed by atoms with Crippen LogP contribution in [-0.2, 0) is 11.3 Å². The minimum absolute atomic E-state index is 0.0148. The van der Waals surface area contributed by atoms with Crippen molar-refractivity contribution in [1.29, 1.82) is 0 Å². The van der Waals surface area contributed by atoms with Crippen molar-refractivity contribution >= 4 is 5.91 Å². The van der Waals surface area contributed by atoms with Gasteiger partial charge in [0.15, 0.2) is 11.5 Å². The number of aromatic hydroxyl groups is 1. The number of rotatable bonds is 4. The predicted octanol–water partition coefficient (Wildman–Crippen LogP) is 2.02. The first kappa shape index (κ1) is 13.4. The Morgan fingerprint density at radius 3 is 2.65 bits per heavy atom. The summed E-state index contributed by atoms with van der Waals surface area (Å²) in [4.78, 5) is 13.4. The van der Waals surface area contributed by atoms with Crippen LogP contribution < -0.4 is 4.74 Å². The molecule has 4 heteroatoms. The average molecular weight is 237 g/mol. The number of carbonyl (C=O) groups excluding carboxylic acids is 1. The number of hydrogen-bond acceptors (Lipinski definition) is 3. The van der Waals surface area contributed by atoms with E-state index in [1.54, 1.807) is 30.1 Å². The van der Waals surface area contributed by atoms with Crippen LogP contribution in [0.5, 0.6) is 11.5 Å². The van der Waals surface area contributed by atoms with Crippen molar-refractivity contribution in [2.45, 2.75) is 20.4 Å². The molecule has 0 spiro atoms. The van der Waals surface area contributed by atoms with Gasteiger partial charge in [-0.25, -0.2) is 0 Å².